The molecular formula is C28H33N10O10P. The fraction of sp³-hybridized carbons (Fsp3) is 0.500. The normalized spacial score (nSPS) is 24.6. The van der Waals surface area contributed by atoms with E-state index in [2.05, 4.69) is 30.0 Å². The first-order chi connectivity index (χ1) is 23.4. The van der Waals surface area contributed by atoms with Crippen molar-refractivity contribution >= 4 is 7.82 Å². The summed E-state index contributed by atoms with van der Waals surface area (Å²) in [4.78, 5) is 58.8. The maximum absolute atomic E-state index is 14.1. The molecular weight excluding hydrogens is 667 g/mol. The Bertz CT molecular complexity index is 1950. The van der Waals surface area contributed by atoms with E-state index in [0.717, 1.165) is 14.7 Å². The molecule has 2 N–H and O–H groups in total. The lowest BCUT2D eigenvalue weighted by Gasteiger charge is -2.23. The second kappa shape index (κ2) is 15.2. The van der Waals surface area contributed by atoms with Gasteiger partial charge in [-0.1, -0.05) is 40.1 Å². The number of benzene rings is 1. The third-order valence-corrected chi connectivity index (χ3v) is 9.40. The second-order valence-electron chi connectivity index (χ2n) is 11.5. The van der Waals surface area contributed by atoms with E-state index in [1.807, 2.05) is 19.1 Å². The molecule has 0 radical (unpaired) electrons. The molecule has 2 aliphatic heterocycles. The standard InChI is InChI=1S/C28H33N10O10P/c1-15-4-6-18(7-5-15)12-44-49(43,45-13-21-19(33-35-29)8-23(47-21)37-10-16(2)25(39)31-27(37)41)46-14-22-20(34-36-30)9-24(48-22)38-11-17(3)26(40)32-28(38)42/h4-7,10-11,19-24H,8-9,12-14H2,1-3H3,(H,31,39,41)(H,32,40,42)/t19-,20-,21+,22+,23+,24+/m0/s1. The minimum absolute atomic E-state index is 0.0353. The van der Waals surface area contributed by atoms with E-state index in [0.29, 0.717) is 5.56 Å². The summed E-state index contributed by atoms with van der Waals surface area (Å²) in [6, 6.07) is 5.45. The lowest BCUT2D eigenvalue weighted by molar-refractivity contribution is -0.0435. The fourth-order valence-electron chi connectivity index (χ4n) is 5.33. The van der Waals surface area contributed by atoms with Crippen LogP contribution in [0.25, 0.3) is 20.9 Å². The Morgan fingerprint density at radius 3 is 1.67 bits per heavy atom. The van der Waals surface area contributed by atoms with Gasteiger partial charge >= 0.3 is 19.2 Å². The van der Waals surface area contributed by atoms with Crippen molar-refractivity contribution in [2.45, 2.75) is 77.0 Å². The highest BCUT2D eigenvalue weighted by atomic mass is 31.2. The van der Waals surface area contributed by atoms with Crippen LogP contribution in [-0.2, 0) is 34.2 Å². The lowest BCUT2D eigenvalue weighted by Crippen LogP contribution is -2.33. The quantitative estimate of drug-likeness (QED) is 0.114. The molecule has 49 heavy (non-hydrogen) atoms. The van der Waals surface area contributed by atoms with Crippen molar-refractivity contribution in [2.24, 2.45) is 10.2 Å². The summed E-state index contributed by atoms with van der Waals surface area (Å²) in [6.45, 7) is 3.78. The van der Waals surface area contributed by atoms with Gasteiger partial charge in [-0.2, -0.15) is 0 Å². The average Bonchev–Trinajstić information content (AvgIpc) is 3.66. The van der Waals surface area contributed by atoms with Crippen LogP contribution in [0.15, 0.2) is 66.1 Å². The number of ether oxygens (including phenoxy) is 2. The molecule has 0 amide bonds. The number of nitrogens with one attached hydrogen (secondary N) is 2. The summed E-state index contributed by atoms with van der Waals surface area (Å²) in [5, 5.41) is 7.50. The number of hydrogen-bond donors (Lipinski definition) is 2. The van der Waals surface area contributed by atoms with Crippen LogP contribution in [0.5, 0.6) is 0 Å². The van der Waals surface area contributed by atoms with Crippen molar-refractivity contribution in [1.82, 2.24) is 19.1 Å². The van der Waals surface area contributed by atoms with E-state index in [1.54, 1.807) is 12.1 Å². The number of azide groups is 2. The van der Waals surface area contributed by atoms with Gasteiger partial charge in [0.15, 0.2) is 0 Å². The Morgan fingerprint density at radius 2 is 1.24 bits per heavy atom. The first-order valence-corrected chi connectivity index (χ1v) is 16.5. The van der Waals surface area contributed by atoms with Crippen LogP contribution in [0.1, 0.15) is 47.6 Å². The maximum atomic E-state index is 14.1. The maximum Gasteiger partial charge on any atom is 0.475 e. The molecule has 0 bridgehead atoms. The molecule has 1 aromatic carbocycles. The number of aromatic amines is 2. The monoisotopic (exact) mass is 700 g/mol. The van der Waals surface area contributed by atoms with E-state index in [9.17, 15) is 34.8 Å². The van der Waals surface area contributed by atoms with Crippen LogP contribution in [0.3, 0.4) is 0 Å². The van der Waals surface area contributed by atoms with Crippen molar-refractivity contribution in [1.29, 1.82) is 0 Å². The third kappa shape index (κ3) is 8.45. The van der Waals surface area contributed by atoms with Gasteiger partial charge in [-0.15, -0.1) is 0 Å². The van der Waals surface area contributed by atoms with Crippen molar-refractivity contribution in [3.8, 4) is 0 Å². The highest BCUT2D eigenvalue weighted by Gasteiger charge is 2.42. The molecule has 2 saturated heterocycles. The zero-order valence-corrected chi connectivity index (χ0v) is 27.5. The Kier molecular flexibility index (Phi) is 11.0. The van der Waals surface area contributed by atoms with Crippen molar-refractivity contribution < 1.29 is 27.6 Å². The van der Waals surface area contributed by atoms with Gasteiger partial charge in [0, 0.05) is 46.2 Å². The highest BCUT2D eigenvalue weighted by Crippen LogP contribution is 2.52. The van der Waals surface area contributed by atoms with E-state index in [-0.39, 0.29) is 30.6 Å². The Morgan fingerprint density at radius 1 is 0.796 bits per heavy atom. The Balaban J connectivity index is 1.34. The number of phosphoric ester groups is 1. The van der Waals surface area contributed by atoms with Crippen LogP contribution < -0.4 is 22.5 Å². The average molecular weight is 701 g/mol. The molecule has 3 aromatic rings. The van der Waals surface area contributed by atoms with Gasteiger partial charge in [-0.3, -0.25) is 42.3 Å². The van der Waals surface area contributed by atoms with E-state index in [4.69, 9.17) is 23.0 Å². The number of aryl methyl sites for hydroxylation is 3. The number of H-pyrrole nitrogens is 2. The van der Waals surface area contributed by atoms with E-state index < -0.39 is 80.3 Å². The van der Waals surface area contributed by atoms with Crippen LogP contribution in [0.4, 0.5) is 0 Å². The zero-order chi connectivity index (χ0) is 35.3. The molecule has 21 heteroatoms. The highest BCUT2D eigenvalue weighted by molar-refractivity contribution is 7.48. The second-order valence-corrected chi connectivity index (χ2v) is 13.2. The molecule has 0 aliphatic carbocycles. The zero-order valence-electron chi connectivity index (χ0n) is 26.6. The van der Waals surface area contributed by atoms with Gasteiger partial charge in [-0.25, -0.2) is 14.2 Å². The summed E-state index contributed by atoms with van der Waals surface area (Å²) in [5.41, 5.74) is 17.9. The largest absolute Gasteiger partial charge is 0.475 e. The predicted molar refractivity (Wildman–Crippen MR) is 171 cm³/mol. The molecule has 0 unspecified atom stereocenters. The van der Waals surface area contributed by atoms with Gasteiger partial charge in [0.2, 0.25) is 0 Å². The SMILES string of the molecule is Cc1ccc(COP(=O)(OC[C@H]2O[C@@H](n3cc(C)c(=O)[nH]c3=O)C[C@@H]2N=[N+]=[N-])OC[C@H]2O[C@@H](n3cc(C)c(=O)[nH]c3=O)C[C@@H]2N=[N+]=[N-])cc1. The van der Waals surface area contributed by atoms with Gasteiger partial charge in [0.1, 0.15) is 12.5 Å². The first-order valence-electron chi connectivity index (χ1n) is 15.0. The van der Waals surface area contributed by atoms with Crippen LogP contribution >= 0.6 is 7.82 Å². The lowest BCUT2D eigenvalue weighted by atomic mass is 10.1. The first kappa shape index (κ1) is 35.5. The summed E-state index contributed by atoms with van der Waals surface area (Å²) < 4.78 is 45.4. The number of hydrogen-bond acceptors (Lipinski definition) is 12. The van der Waals surface area contributed by atoms with Crippen LogP contribution in [-0.4, -0.2) is 56.6 Å². The van der Waals surface area contributed by atoms with Crippen molar-refractivity contribution in [3.05, 3.63) is 121 Å². The number of nitrogens with zero attached hydrogens (tertiary/aromatic N) is 8. The molecule has 2 fully saturated rings. The molecule has 0 spiro atoms. The molecule has 6 atom stereocenters. The summed E-state index contributed by atoms with van der Waals surface area (Å²) >= 11 is 0. The van der Waals surface area contributed by atoms with Gasteiger partial charge in [-0.05, 0) is 37.4 Å². The third-order valence-electron chi connectivity index (χ3n) is 8.02. The summed E-state index contributed by atoms with van der Waals surface area (Å²) in [7, 11) is -4.49. The van der Waals surface area contributed by atoms with Gasteiger partial charge in [0.25, 0.3) is 11.1 Å². The minimum atomic E-state index is -4.49. The van der Waals surface area contributed by atoms with E-state index >= 15 is 0 Å². The van der Waals surface area contributed by atoms with Crippen molar-refractivity contribution in [3.63, 3.8) is 0 Å². The topological polar surface area (TPSA) is 270 Å². The molecule has 2 aromatic heterocycles. The Hall–Kier alpha value is -4.77. The van der Waals surface area contributed by atoms with E-state index in [1.165, 1.54) is 26.2 Å². The van der Waals surface area contributed by atoms with Crippen molar-refractivity contribution in [2.75, 3.05) is 13.2 Å². The number of rotatable bonds is 13. The summed E-state index contributed by atoms with van der Waals surface area (Å²) in [6.07, 6.45) is -1.22. The van der Waals surface area contributed by atoms with Gasteiger partial charge in [0.05, 0.1) is 44.1 Å². The summed E-state index contributed by atoms with van der Waals surface area (Å²) in [5.74, 6) is 0. The van der Waals surface area contributed by atoms with Gasteiger partial charge < -0.3 is 9.47 Å². The number of phosphoric acid groups is 1. The molecule has 5 rings (SSSR count). The van der Waals surface area contributed by atoms with Crippen LogP contribution in [0.2, 0.25) is 0 Å². The fourth-order valence-corrected chi connectivity index (χ4v) is 6.52. The van der Waals surface area contributed by atoms with Crippen LogP contribution in [0, 0.1) is 20.8 Å². The predicted octanol–water partition coefficient (Wildman–Crippen LogP) is 3.30. The molecule has 0 saturated carbocycles. The minimum Gasteiger partial charge on any atom is -0.352 e. The molecule has 4 heterocycles. The number of aromatic nitrogens is 4. The molecule has 20 nitrogen and oxygen atoms in total. The smallest absolute Gasteiger partial charge is 0.352 e. The molecule has 2 aliphatic rings. The molecule has 260 valence electrons. The Labute approximate surface area is 276 Å².